The summed E-state index contributed by atoms with van der Waals surface area (Å²) in [5.74, 6) is 1.40. The van der Waals surface area contributed by atoms with E-state index in [1.807, 2.05) is 0 Å². The van der Waals surface area contributed by atoms with E-state index in [-0.39, 0.29) is 11.7 Å². The van der Waals surface area contributed by atoms with Gasteiger partial charge in [0.15, 0.2) is 15.7 Å². The molecule has 17 heavy (non-hydrogen) atoms. The molecule has 1 aromatic heterocycles. The van der Waals surface area contributed by atoms with Crippen molar-refractivity contribution in [3.63, 3.8) is 0 Å². The summed E-state index contributed by atoms with van der Waals surface area (Å²) in [6.45, 7) is 5.40. The van der Waals surface area contributed by atoms with Crippen molar-refractivity contribution < 1.29 is 12.9 Å². The number of hydrogen-bond acceptors (Lipinski definition) is 6. The Labute approximate surface area is 101 Å². The van der Waals surface area contributed by atoms with Gasteiger partial charge in [-0.05, 0) is 19.4 Å². The maximum atomic E-state index is 11.4. The summed E-state index contributed by atoms with van der Waals surface area (Å²) in [6.07, 6.45) is 1.17. The van der Waals surface area contributed by atoms with Crippen molar-refractivity contribution in [2.75, 3.05) is 19.3 Å². The number of nitrogens with one attached hydrogen (secondary N) is 1. The first kappa shape index (κ1) is 12.5. The Balaban J connectivity index is 2.21. The quantitative estimate of drug-likeness (QED) is 0.850. The second-order valence-corrected chi connectivity index (χ2v) is 7.07. The van der Waals surface area contributed by atoms with E-state index in [1.54, 1.807) is 6.92 Å². The number of aromatic nitrogens is 2. The third-order valence-electron chi connectivity index (χ3n) is 3.30. The molecular formula is C10H17N3O3S. The smallest absolute Gasteiger partial charge is 0.231 e. The van der Waals surface area contributed by atoms with Crippen LogP contribution >= 0.6 is 0 Å². The molecule has 0 aromatic carbocycles. The fraction of sp³-hybridized carbons (Fsp3) is 0.800. The predicted octanol–water partition coefficient (Wildman–Crippen LogP) is 0.498. The second kappa shape index (κ2) is 4.38. The molecule has 0 saturated carbocycles. The monoisotopic (exact) mass is 259 g/mol. The Morgan fingerprint density at radius 1 is 1.47 bits per heavy atom. The van der Waals surface area contributed by atoms with Gasteiger partial charge in [-0.3, -0.25) is 0 Å². The van der Waals surface area contributed by atoms with Gasteiger partial charge in [-0.25, -0.2) is 8.42 Å². The van der Waals surface area contributed by atoms with E-state index in [9.17, 15) is 8.42 Å². The highest BCUT2D eigenvalue weighted by Crippen LogP contribution is 2.28. The molecule has 0 radical (unpaired) electrons. The highest BCUT2D eigenvalue weighted by Gasteiger charge is 2.31. The normalized spacial score (nSPS) is 27.2. The van der Waals surface area contributed by atoms with E-state index in [2.05, 4.69) is 22.4 Å². The molecule has 1 aromatic rings. The molecular weight excluding hydrogens is 242 g/mol. The van der Waals surface area contributed by atoms with Gasteiger partial charge < -0.3 is 9.84 Å². The number of hydrogen-bond donors (Lipinski definition) is 1. The predicted molar refractivity (Wildman–Crippen MR) is 62.3 cm³/mol. The topological polar surface area (TPSA) is 85.1 Å². The zero-order valence-corrected chi connectivity index (χ0v) is 11.0. The Kier molecular flexibility index (Phi) is 3.22. The first-order chi connectivity index (χ1) is 7.89. The molecule has 0 spiro atoms. The summed E-state index contributed by atoms with van der Waals surface area (Å²) in [4.78, 5) is 4.21. The molecule has 1 fully saturated rings. The van der Waals surface area contributed by atoms with Crippen LogP contribution in [0.15, 0.2) is 4.52 Å². The number of sulfone groups is 1. The summed E-state index contributed by atoms with van der Waals surface area (Å²) >= 11 is 0. The van der Waals surface area contributed by atoms with Crippen LogP contribution in [0.2, 0.25) is 0 Å². The van der Waals surface area contributed by atoms with Gasteiger partial charge >= 0.3 is 0 Å². The fourth-order valence-electron chi connectivity index (χ4n) is 1.90. The maximum Gasteiger partial charge on any atom is 0.231 e. The molecule has 0 aliphatic carbocycles. The molecule has 0 amide bonds. The van der Waals surface area contributed by atoms with Crippen LogP contribution in [-0.2, 0) is 9.84 Å². The summed E-state index contributed by atoms with van der Waals surface area (Å²) in [5, 5.41) is 6.29. The standard InChI is InChI=1S/C10H17N3O3S/c1-6-4-11-5-8(6)10-12-9(13-16-10)7(2)17(3,14)15/h6-8,11H,4-5H2,1-3H3. The SMILES string of the molecule is CC1CNCC1c1nc(C(C)S(C)(=O)=O)no1. The molecule has 0 bridgehead atoms. The van der Waals surface area contributed by atoms with Gasteiger partial charge in [0.2, 0.25) is 5.89 Å². The van der Waals surface area contributed by atoms with Gasteiger partial charge in [0, 0.05) is 12.8 Å². The second-order valence-electron chi connectivity index (χ2n) is 4.70. The zero-order chi connectivity index (χ0) is 12.6. The lowest BCUT2D eigenvalue weighted by molar-refractivity contribution is 0.336. The Morgan fingerprint density at radius 3 is 2.71 bits per heavy atom. The molecule has 1 saturated heterocycles. The minimum absolute atomic E-state index is 0.183. The summed E-state index contributed by atoms with van der Waals surface area (Å²) < 4.78 is 28.0. The summed E-state index contributed by atoms with van der Waals surface area (Å²) in [5.41, 5.74) is 0. The van der Waals surface area contributed by atoms with Crippen molar-refractivity contribution in [3.8, 4) is 0 Å². The molecule has 2 rings (SSSR count). The van der Waals surface area contributed by atoms with Crippen molar-refractivity contribution in [2.24, 2.45) is 5.92 Å². The van der Waals surface area contributed by atoms with E-state index in [0.29, 0.717) is 11.8 Å². The molecule has 3 unspecified atom stereocenters. The van der Waals surface area contributed by atoms with Gasteiger partial charge in [0.05, 0.1) is 5.92 Å². The van der Waals surface area contributed by atoms with Crippen molar-refractivity contribution in [3.05, 3.63) is 11.7 Å². The van der Waals surface area contributed by atoms with Gasteiger partial charge in [-0.1, -0.05) is 12.1 Å². The Hall–Kier alpha value is -0.950. The van der Waals surface area contributed by atoms with Crippen LogP contribution in [0.1, 0.15) is 36.7 Å². The largest absolute Gasteiger partial charge is 0.339 e. The van der Waals surface area contributed by atoms with E-state index in [4.69, 9.17) is 4.52 Å². The lowest BCUT2D eigenvalue weighted by Crippen LogP contribution is -2.11. The van der Waals surface area contributed by atoms with E-state index >= 15 is 0 Å². The van der Waals surface area contributed by atoms with E-state index < -0.39 is 15.1 Å². The Morgan fingerprint density at radius 2 is 2.18 bits per heavy atom. The molecule has 1 N–H and O–H groups in total. The van der Waals surface area contributed by atoms with Crippen LogP contribution in [0.5, 0.6) is 0 Å². The molecule has 6 nitrogen and oxygen atoms in total. The van der Waals surface area contributed by atoms with Crippen LogP contribution in [0.3, 0.4) is 0 Å². The first-order valence-electron chi connectivity index (χ1n) is 5.62. The van der Waals surface area contributed by atoms with Gasteiger partial charge in [-0.2, -0.15) is 4.98 Å². The minimum atomic E-state index is -3.18. The average molecular weight is 259 g/mol. The van der Waals surface area contributed by atoms with E-state index in [0.717, 1.165) is 13.1 Å². The lowest BCUT2D eigenvalue weighted by Gasteiger charge is -2.07. The van der Waals surface area contributed by atoms with Crippen LogP contribution in [-0.4, -0.2) is 37.9 Å². The highest BCUT2D eigenvalue weighted by atomic mass is 32.2. The minimum Gasteiger partial charge on any atom is -0.339 e. The summed E-state index contributed by atoms with van der Waals surface area (Å²) in [6, 6.07) is 0. The molecule has 96 valence electrons. The fourth-order valence-corrected chi connectivity index (χ4v) is 2.37. The molecule has 7 heteroatoms. The molecule has 1 aliphatic heterocycles. The van der Waals surface area contributed by atoms with Crippen molar-refractivity contribution in [2.45, 2.75) is 25.0 Å². The van der Waals surface area contributed by atoms with Crippen molar-refractivity contribution in [1.82, 2.24) is 15.5 Å². The molecule has 3 atom stereocenters. The van der Waals surface area contributed by atoms with Gasteiger partial charge in [0.25, 0.3) is 0 Å². The Bertz CT molecular complexity index is 497. The van der Waals surface area contributed by atoms with Crippen LogP contribution in [0, 0.1) is 5.92 Å². The highest BCUT2D eigenvalue weighted by molar-refractivity contribution is 7.90. The van der Waals surface area contributed by atoms with Crippen molar-refractivity contribution >= 4 is 9.84 Å². The van der Waals surface area contributed by atoms with Crippen LogP contribution < -0.4 is 5.32 Å². The molecule has 2 heterocycles. The van der Waals surface area contributed by atoms with Gasteiger partial charge in [0.1, 0.15) is 5.25 Å². The lowest BCUT2D eigenvalue weighted by atomic mass is 9.98. The average Bonchev–Trinajstić information content (AvgIpc) is 2.83. The number of nitrogens with zero attached hydrogens (tertiary/aromatic N) is 2. The summed E-state index contributed by atoms with van der Waals surface area (Å²) in [7, 11) is -3.18. The number of rotatable bonds is 3. The molecule has 1 aliphatic rings. The van der Waals surface area contributed by atoms with Crippen LogP contribution in [0.25, 0.3) is 0 Å². The van der Waals surface area contributed by atoms with Gasteiger partial charge in [-0.15, -0.1) is 0 Å². The van der Waals surface area contributed by atoms with E-state index in [1.165, 1.54) is 6.26 Å². The third kappa shape index (κ3) is 2.50. The van der Waals surface area contributed by atoms with Crippen molar-refractivity contribution in [1.29, 1.82) is 0 Å². The zero-order valence-electron chi connectivity index (χ0n) is 10.2. The third-order valence-corrected chi connectivity index (χ3v) is 4.79. The first-order valence-corrected chi connectivity index (χ1v) is 7.58. The van der Waals surface area contributed by atoms with Crippen LogP contribution in [0.4, 0.5) is 0 Å². The maximum absolute atomic E-state index is 11.4.